The predicted octanol–water partition coefficient (Wildman–Crippen LogP) is 2.46. The third kappa shape index (κ3) is 2.85. The summed E-state index contributed by atoms with van der Waals surface area (Å²) in [5.74, 6) is 0.471. The molecule has 2 unspecified atom stereocenters. The van der Waals surface area contributed by atoms with Gasteiger partial charge in [0.15, 0.2) is 0 Å². The first-order chi connectivity index (χ1) is 9.38. The first-order valence-corrected chi connectivity index (χ1v) is 6.97. The maximum absolute atomic E-state index is 11.5. The minimum absolute atomic E-state index is 0.0306. The number of rotatable bonds is 7. The van der Waals surface area contributed by atoms with E-state index in [1.165, 1.54) is 0 Å². The number of methoxy groups -OCH3 is 1. The van der Waals surface area contributed by atoms with Crippen LogP contribution in [0.4, 0.5) is 0 Å². The normalized spacial score (nSPS) is 19.9. The summed E-state index contributed by atoms with van der Waals surface area (Å²) in [6.45, 7) is 5.47. The fourth-order valence-electron chi connectivity index (χ4n) is 2.20. The maximum atomic E-state index is 11.5. The highest BCUT2D eigenvalue weighted by Crippen LogP contribution is 2.42. The van der Waals surface area contributed by atoms with Crippen LogP contribution in [0, 0.1) is 17.3 Å². The smallest absolute Gasteiger partial charge is 0.310 e. The van der Waals surface area contributed by atoms with E-state index >= 15 is 0 Å². The van der Waals surface area contributed by atoms with E-state index in [2.05, 4.69) is 10.1 Å². The summed E-state index contributed by atoms with van der Waals surface area (Å²) in [6, 6.07) is 0. The molecule has 1 fully saturated rings. The van der Waals surface area contributed by atoms with Crippen molar-refractivity contribution in [1.29, 1.82) is 0 Å². The summed E-state index contributed by atoms with van der Waals surface area (Å²) in [5, 5.41) is 13.4. The SMILES string of the molecule is COC(c1noc(CC(C)(C(=O)O)C(C)C)n1)C1CC1. The van der Waals surface area contributed by atoms with E-state index in [9.17, 15) is 9.90 Å². The predicted molar refractivity (Wildman–Crippen MR) is 71.1 cm³/mol. The first-order valence-electron chi connectivity index (χ1n) is 6.97. The monoisotopic (exact) mass is 282 g/mol. The number of aromatic nitrogens is 2. The minimum Gasteiger partial charge on any atom is -0.481 e. The Morgan fingerprint density at radius 2 is 2.20 bits per heavy atom. The molecule has 1 N–H and O–H groups in total. The highest BCUT2D eigenvalue weighted by molar-refractivity contribution is 5.74. The molecule has 20 heavy (non-hydrogen) atoms. The van der Waals surface area contributed by atoms with Crippen LogP contribution in [-0.4, -0.2) is 28.3 Å². The van der Waals surface area contributed by atoms with Gasteiger partial charge in [-0.15, -0.1) is 0 Å². The Hall–Kier alpha value is -1.43. The molecular formula is C14H22N2O4. The Bertz CT molecular complexity index is 481. The molecule has 1 saturated carbocycles. The van der Waals surface area contributed by atoms with Crippen molar-refractivity contribution in [2.24, 2.45) is 17.3 Å². The Labute approximate surface area is 118 Å². The number of aliphatic carboxylic acids is 1. The lowest BCUT2D eigenvalue weighted by atomic mass is 9.76. The van der Waals surface area contributed by atoms with Crippen LogP contribution in [0.2, 0.25) is 0 Å². The Morgan fingerprint density at radius 1 is 1.55 bits per heavy atom. The minimum atomic E-state index is -0.911. The fraction of sp³-hybridized carbons (Fsp3) is 0.786. The van der Waals surface area contributed by atoms with Gasteiger partial charge in [-0.3, -0.25) is 4.79 Å². The van der Waals surface area contributed by atoms with Gasteiger partial charge in [0.1, 0.15) is 6.10 Å². The average molecular weight is 282 g/mol. The highest BCUT2D eigenvalue weighted by Gasteiger charge is 2.40. The second-order valence-electron chi connectivity index (χ2n) is 6.09. The first kappa shape index (κ1) is 15.0. The summed E-state index contributed by atoms with van der Waals surface area (Å²) in [4.78, 5) is 15.8. The van der Waals surface area contributed by atoms with Crippen molar-refractivity contribution in [3.63, 3.8) is 0 Å². The van der Waals surface area contributed by atoms with Crippen molar-refractivity contribution in [2.45, 2.75) is 46.1 Å². The summed E-state index contributed by atoms with van der Waals surface area (Å²) >= 11 is 0. The molecule has 0 saturated heterocycles. The van der Waals surface area contributed by atoms with Gasteiger partial charge in [-0.05, 0) is 31.6 Å². The number of ether oxygens (including phenoxy) is 1. The lowest BCUT2D eigenvalue weighted by molar-refractivity contribution is -0.150. The van der Waals surface area contributed by atoms with Crippen molar-refractivity contribution in [3.8, 4) is 0 Å². The van der Waals surface area contributed by atoms with Crippen molar-refractivity contribution in [3.05, 3.63) is 11.7 Å². The van der Waals surface area contributed by atoms with Crippen molar-refractivity contribution >= 4 is 5.97 Å². The molecule has 0 spiro atoms. The van der Waals surface area contributed by atoms with Gasteiger partial charge in [-0.2, -0.15) is 4.98 Å². The second-order valence-corrected chi connectivity index (χ2v) is 6.09. The Balaban J connectivity index is 2.14. The zero-order valence-corrected chi connectivity index (χ0v) is 12.4. The van der Waals surface area contributed by atoms with Crippen molar-refractivity contribution < 1.29 is 19.2 Å². The molecule has 1 aliphatic rings. The number of carboxylic acids is 1. The third-order valence-corrected chi connectivity index (χ3v) is 4.32. The molecule has 0 bridgehead atoms. The standard InChI is InChI=1S/C14H22N2O4/c1-8(2)14(3,13(17)18)7-10-15-12(16-20-10)11(19-4)9-5-6-9/h8-9,11H,5-7H2,1-4H3,(H,17,18). The van der Waals surface area contributed by atoms with E-state index in [0.717, 1.165) is 12.8 Å². The number of nitrogens with zero attached hydrogens (tertiary/aromatic N) is 2. The van der Waals surface area contributed by atoms with Crippen LogP contribution in [-0.2, 0) is 16.0 Å². The molecule has 2 rings (SSSR count). The number of hydrogen-bond donors (Lipinski definition) is 1. The summed E-state index contributed by atoms with van der Waals surface area (Å²) in [5.41, 5.74) is -0.911. The van der Waals surface area contributed by atoms with Crippen LogP contribution in [0.25, 0.3) is 0 Å². The van der Waals surface area contributed by atoms with Gasteiger partial charge < -0.3 is 14.4 Å². The van der Waals surface area contributed by atoms with Crippen LogP contribution >= 0.6 is 0 Å². The van der Waals surface area contributed by atoms with Crippen molar-refractivity contribution in [1.82, 2.24) is 10.1 Å². The van der Waals surface area contributed by atoms with E-state index in [1.54, 1.807) is 14.0 Å². The second kappa shape index (κ2) is 5.52. The molecule has 6 nitrogen and oxygen atoms in total. The average Bonchev–Trinajstić information content (AvgIpc) is 3.10. The van der Waals surface area contributed by atoms with Gasteiger partial charge in [0.2, 0.25) is 11.7 Å². The van der Waals surface area contributed by atoms with Gasteiger partial charge in [-0.1, -0.05) is 19.0 Å². The molecule has 6 heteroatoms. The molecule has 0 amide bonds. The van der Waals surface area contributed by atoms with E-state index in [-0.39, 0.29) is 18.4 Å². The van der Waals surface area contributed by atoms with E-state index < -0.39 is 11.4 Å². The summed E-state index contributed by atoms with van der Waals surface area (Å²) in [7, 11) is 1.63. The van der Waals surface area contributed by atoms with Crippen LogP contribution in [0.3, 0.4) is 0 Å². The molecule has 1 aromatic rings. The third-order valence-electron chi connectivity index (χ3n) is 4.32. The van der Waals surface area contributed by atoms with Crippen LogP contribution in [0.5, 0.6) is 0 Å². The lowest BCUT2D eigenvalue weighted by Crippen LogP contribution is -2.35. The molecule has 1 aromatic heterocycles. The summed E-state index contributed by atoms with van der Waals surface area (Å²) < 4.78 is 10.6. The molecule has 112 valence electrons. The van der Waals surface area contributed by atoms with Gasteiger partial charge in [-0.25, -0.2) is 0 Å². The van der Waals surface area contributed by atoms with Crippen LogP contribution in [0.1, 0.15) is 51.4 Å². The number of carboxylic acid groups (broad SMARTS) is 1. The van der Waals surface area contributed by atoms with Gasteiger partial charge in [0, 0.05) is 13.5 Å². The maximum Gasteiger partial charge on any atom is 0.310 e. The lowest BCUT2D eigenvalue weighted by Gasteiger charge is -2.27. The Kier molecular flexibility index (Phi) is 4.13. The van der Waals surface area contributed by atoms with Gasteiger partial charge in [0.05, 0.1) is 5.41 Å². The van der Waals surface area contributed by atoms with Crippen LogP contribution in [0.15, 0.2) is 4.52 Å². The highest BCUT2D eigenvalue weighted by atomic mass is 16.5. The van der Waals surface area contributed by atoms with Gasteiger partial charge in [0.25, 0.3) is 0 Å². The van der Waals surface area contributed by atoms with Crippen LogP contribution < -0.4 is 0 Å². The van der Waals surface area contributed by atoms with E-state index in [1.807, 2.05) is 13.8 Å². The van der Waals surface area contributed by atoms with E-state index in [0.29, 0.717) is 17.6 Å². The molecule has 0 radical (unpaired) electrons. The molecule has 0 aliphatic heterocycles. The largest absolute Gasteiger partial charge is 0.481 e. The topological polar surface area (TPSA) is 85.5 Å². The number of hydrogen-bond acceptors (Lipinski definition) is 5. The zero-order chi connectivity index (χ0) is 14.9. The summed E-state index contributed by atoms with van der Waals surface area (Å²) in [6.07, 6.45) is 2.32. The molecule has 1 heterocycles. The Morgan fingerprint density at radius 3 is 2.65 bits per heavy atom. The zero-order valence-electron chi connectivity index (χ0n) is 12.4. The van der Waals surface area contributed by atoms with Crippen molar-refractivity contribution in [2.75, 3.05) is 7.11 Å². The van der Waals surface area contributed by atoms with E-state index in [4.69, 9.17) is 9.26 Å². The molecular weight excluding hydrogens is 260 g/mol. The molecule has 2 atom stereocenters. The number of carbonyl (C=O) groups is 1. The quantitative estimate of drug-likeness (QED) is 0.826. The fourth-order valence-corrected chi connectivity index (χ4v) is 2.20. The molecule has 0 aromatic carbocycles. The molecule has 1 aliphatic carbocycles. The van der Waals surface area contributed by atoms with Gasteiger partial charge >= 0.3 is 5.97 Å².